The number of rotatable bonds is 5. The third-order valence-corrected chi connectivity index (χ3v) is 6.02. The Morgan fingerprint density at radius 1 is 1.11 bits per heavy atom. The van der Waals surface area contributed by atoms with Gasteiger partial charge < -0.3 is 5.32 Å². The van der Waals surface area contributed by atoms with Crippen LogP contribution in [0.15, 0.2) is 41.3 Å². The summed E-state index contributed by atoms with van der Waals surface area (Å²) in [5.41, 5.74) is 0.147. The van der Waals surface area contributed by atoms with E-state index in [2.05, 4.69) is 15.0 Å². The Bertz CT molecular complexity index is 1090. The molecule has 2 aromatic carbocycles. The lowest BCUT2D eigenvalue weighted by molar-refractivity contribution is -0.117. The van der Waals surface area contributed by atoms with Crippen molar-refractivity contribution in [3.8, 4) is 0 Å². The molecule has 0 saturated carbocycles. The Kier molecular flexibility index (Phi) is 5.18. The number of thiazole rings is 1. The number of fused-ring (bicyclic) bond motifs is 1. The van der Waals surface area contributed by atoms with Crippen molar-refractivity contribution in [2.24, 2.45) is 0 Å². The first kappa shape index (κ1) is 19.3. The molecule has 11 heteroatoms. The van der Waals surface area contributed by atoms with E-state index in [9.17, 15) is 26.4 Å². The number of carbonyl (C=O) groups excluding carboxylic acids is 1. The van der Waals surface area contributed by atoms with Crippen LogP contribution >= 0.6 is 11.3 Å². The molecule has 1 aromatic heterocycles. The van der Waals surface area contributed by atoms with Crippen LogP contribution in [0.4, 0.5) is 18.3 Å². The summed E-state index contributed by atoms with van der Waals surface area (Å²) in [7, 11) is -4.27. The molecule has 0 saturated heterocycles. The minimum absolute atomic E-state index is 0.0388. The number of halogens is 3. The molecule has 0 aliphatic heterocycles. The largest absolute Gasteiger partial charge is 0.301 e. The molecule has 6 nitrogen and oxygen atoms in total. The van der Waals surface area contributed by atoms with Crippen LogP contribution in [0.2, 0.25) is 0 Å². The summed E-state index contributed by atoms with van der Waals surface area (Å²) in [5, 5.41) is 2.40. The number of hydrogen-bond donors (Lipinski definition) is 2. The zero-order valence-corrected chi connectivity index (χ0v) is 15.3. The van der Waals surface area contributed by atoms with E-state index in [4.69, 9.17) is 0 Å². The minimum Gasteiger partial charge on any atom is -0.301 e. The molecule has 1 atom stereocenters. The third kappa shape index (κ3) is 4.10. The van der Waals surface area contributed by atoms with Crippen LogP contribution < -0.4 is 10.0 Å². The van der Waals surface area contributed by atoms with E-state index in [0.717, 1.165) is 35.6 Å². The van der Waals surface area contributed by atoms with Gasteiger partial charge in [0, 0.05) is 6.07 Å². The van der Waals surface area contributed by atoms with Gasteiger partial charge in [-0.05, 0) is 25.1 Å². The summed E-state index contributed by atoms with van der Waals surface area (Å²) >= 11 is 0.896. The number of carbonyl (C=O) groups is 1. The smallest absolute Gasteiger partial charge is 0.244 e. The second kappa shape index (κ2) is 7.25. The molecule has 1 heterocycles. The van der Waals surface area contributed by atoms with Gasteiger partial charge in [-0.25, -0.2) is 26.6 Å². The van der Waals surface area contributed by atoms with Crippen molar-refractivity contribution in [1.29, 1.82) is 0 Å². The Morgan fingerprint density at radius 3 is 2.48 bits per heavy atom. The number of aromatic nitrogens is 1. The molecule has 0 radical (unpaired) electrons. The zero-order valence-electron chi connectivity index (χ0n) is 13.7. The molecule has 0 unspecified atom stereocenters. The van der Waals surface area contributed by atoms with E-state index in [1.807, 2.05) is 0 Å². The van der Waals surface area contributed by atoms with Gasteiger partial charge in [0.2, 0.25) is 15.9 Å². The molecule has 0 fully saturated rings. The second-order valence-corrected chi connectivity index (χ2v) is 8.23. The number of benzene rings is 2. The van der Waals surface area contributed by atoms with Crippen LogP contribution in [0.1, 0.15) is 6.92 Å². The van der Waals surface area contributed by atoms with Crippen molar-refractivity contribution < 1.29 is 26.4 Å². The van der Waals surface area contributed by atoms with Gasteiger partial charge >= 0.3 is 0 Å². The van der Waals surface area contributed by atoms with Crippen molar-refractivity contribution in [3.05, 3.63) is 53.8 Å². The van der Waals surface area contributed by atoms with Crippen molar-refractivity contribution in [1.82, 2.24) is 9.71 Å². The van der Waals surface area contributed by atoms with Gasteiger partial charge in [-0.3, -0.25) is 4.79 Å². The van der Waals surface area contributed by atoms with Crippen LogP contribution in [0.25, 0.3) is 10.2 Å². The molecule has 1 amide bonds. The maximum absolute atomic E-state index is 13.7. The standard InChI is InChI=1S/C16H12F3N3O3S2/c1-8(22-27(24,25)14-5-3-2-4-9(14)17)15(23)21-16-20-12-6-10(18)11(19)7-13(12)26-16/h2-8,22H,1H3,(H,20,21,23)/t8-/m0/s1. The van der Waals surface area contributed by atoms with Crippen molar-refractivity contribution in [2.75, 3.05) is 5.32 Å². The summed E-state index contributed by atoms with van der Waals surface area (Å²) in [6.45, 7) is 1.26. The molecule has 0 aliphatic carbocycles. The Labute approximate surface area is 156 Å². The van der Waals surface area contributed by atoms with Crippen LogP contribution in [0.3, 0.4) is 0 Å². The van der Waals surface area contributed by atoms with Gasteiger partial charge in [-0.1, -0.05) is 23.5 Å². The predicted molar refractivity (Wildman–Crippen MR) is 94.3 cm³/mol. The molecule has 3 aromatic rings. The fourth-order valence-corrected chi connectivity index (χ4v) is 4.36. The van der Waals surface area contributed by atoms with Crippen LogP contribution in [-0.2, 0) is 14.8 Å². The number of nitrogens with zero attached hydrogens (tertiary/aromatic N) is 1. The summed E-state index contributed by atoms with van der Waals surface area (Å²) in [5.74, 6) is -3.84. The van der Waals surface area contributed by atoms with Gasteiger partial charge in [0.05, 0.1) is 16.3 Å². The monoisotopic (exact) mass is 415 g/mol. The fraction of sp³-hybridized carbons (Fsp3) is 0.125. The van der Waals surface area contributed by atoms with Gasteiger partial charge in [0.1, 0.15) is 10.7 Å². The Hall–Kier alpha value is -2.50. The van der Waals surface area contributed by atoms with E-state index < -0.39 is 44.3 Å². The quantitative estimate of drug-likeness (QED) is 0.671. The summed E-state index contributed by atoms with van der Waals surface area (Å²) in [6, 6.07) is 5.32. The van der Waals surface area contributed by atoms with E-state index in [1.165, 1.54) is 19.1 Å². The average molecular weight is 415 g/mol. The lowest BCUT2D eigenvalue weighted by Crippen LogP contribution is -2.41. The highest BCUT2D eigenvalue weighted by Gasteiger charge is 2.25. The van der Waals surface area contributed by atoms with Crippen LogP contribution in [-0.4, -0.2) is 25.4 Å². The highest BCUT2D eigenvalue weighted by Crippen LogP contribution is 2.28. The van der Waals surface area contributed by atoms with E-state index in [-0.39, 0.29) is 10.6 Å². The lowest BCUT2D eigenvalue weighted by atomic mass is 10.3. The topological polar surface area (TPSA) is 88.2 Å². The van der Waals surface area contributed by atoms with Gasteiger partial charge in [0.15, 0.2) is 16.8 Å². The van der Waals surface area contributed by atoms with E-state index in [0.29, 0.717) is 4.70 Å². The Balaban J connectivity index is 1.75. The van der Waals surface area contributed by atoms with E-state index in [1.54, 1.807) is 0 Å². The molecule has 0 aliphatic rings. The van der Waals surface area contributed by atoms with E-state index >= 15 is 0 Å². The van der Waals surface area contributed by atoms with Crippen LogP contribution in [0, 0.1) is 17.5 Å². The first-order valence-electron chi connectivity index (χ1n) is 7.50. The molecule has 0 spiro atoms. The van der Waals surface area contributed by atoms with Crippen LogP contribution in [0.5, 0.6) is 0 Å². The summed E-state index contributed by atoms with van der Waals surface area (Å²) in [4.78, 5) is 15.6. The molecular formula is C16H12F3N3O3S2. The number of anilines is 1. The number of hydrogen-bond acceptors (Lipinski definition) is 5. The molecule has 142 valence electrons. The maximum Gasteiger partial charge on any atom is 0.244 e. The van der Waals surface area contributed by atoms with Gasteiger partial charge in [-0.2, -0.15) is 4.72 Å². The summed E-state index contributed by atoms with van der Waals surface area (Å²) < 4.78 is 66.9. The van der Waals surface area contributed by atoms with Crippen molar-refractivity contribution in [3.63, 3.8) is 0 Å². The third-order valence-electron chi connectivity index (χ3n) is 3.51. The highest BCUT2D eigenvalue weighted by atomic mass is 32.2. The molecule has 0 bridgehead atoms. The highest BCUT2D eigenvalue weighted by molar-refractivity contribution is 7.89. The number of sulfonamides is 1. The van der Waals surface area contributed by atoms with Crippen molar-refractivity contribution >= 4 is 42.6 Å². The second-order valence-electron chi connectivity index (χ2n) is 5.52. The predicted octanol–water partition coefficient (Wildman–Crippen LogP) is 3.02. The molecule has 2 N–H and O–H groups in total. The zero-order chi connectivity index (χ0) is 19.8. The van der Waals surface area contributed by atoms with Gasteiger partial charge in [0.25, 0.3) is 0 Å². The summed E-state index contributed by atoms with van der Waals surface area (Å²) in [6.07, 6.45) is 0. The van der Waals surface area contributed by atoms with Crippen molar-refractivity contribution in [2.45, 2.75) is 17.9 Å². The molecule has 27 heavy (non-hydrogen) atoms. The molecular weight excluding hydrogens is 403 g/mol. The maximum atomic E-state index is 13.7. The first-order chi connectivity index (χ1) is 12.7. The fourth-order valence-electron chi connectivity index (χ4n) is 2.20. The molecule has 3 rings (SSSR count). The minimum atomic E-state index is -4.27. The Morgan fingerprint density at radius 2 is 1.78 bits per heavy atom. The number of amides is 1. The average Bonchev–Trinajstić information content (AvgIpc) is 2.96. The normalized spacial score (nSPS) is 12.9. The van der Waals surface area contributed by atoms with Gasteiger partial charge in [-0.15, -0.1) is 0 Å². The first-order valence-corrected chi connectivity index (χ1v) is 9.80. The SMILES string of the molecule is C[C@H](NS(=O)(=O)c1ccccc1F)C(=O)Nc1nc2cc(F)c(F)cc2s1. The number of nitrogens with one attached hydrogen (secondary N) is 2. The lowest BCUT2D eigenvalue weighted by Gasteiger charge is -2.13.